The van der Waals surface area contributed by atoms with E-state index in [4.69, 9.17) is 16.7 Å². The average molecular weight is 258 g/mol. The topological polar surface area (TPSA) is 23.5 Å². The maximum atomic E-state index is 9.03. The van der Waals surface area contributed by atoms with Gasteiger partial charge in [0.25, 0.3) is 0 Å². The zero-order valence-corrected chi connectivity index (χ0v) is 10.9. The number of thioether (sulfide) groups is 1. The van der Waals surface area contributed by atoms with Crippen LogP contribution in [0, 0.1) is 0 Å². The smallest absolute Gasteiger partial charge is 0.0682 e. The number of anilines is 1. The first kappa shape index (κ1) is 12.1. The Bertz CT molecular complexity index is 372. The molecule has 1 fully saturated rings. The molecule has 0 saturated carbocycles. The quantitative estimate of drug-likeness (QED) is 0.881. The number of halogens is 1. The Balaban J connectivity index is 2.19. The monoisotopic (exact) mass is 257 g/mol. The second kappa shape index (κ2) is 5.30. The van der Waals surface area contributed by atoms with E-state index in [9.17, 15) is 0 Å². The van der Waals surface area contributed by atoms with E-state index in [2.05, 4.69) is 11.8 Å². The third-order valence-corrected chi connectivity index (χ3v) is 4.22. The highest BCUT2D eigenvalue weighted by atomic mass is 35.5. The van der Waals surface area contributed by atoms with Crippen molar-refractivity contribution in [2.24, 2.45) is 0 Å². The van der Waals surface area contributed by atoms with Crippen LogP contribution in [-0.4, -0.2) is 29.2 Å². The van der Waals surface area contributed by atoms with E-state index >= 15 is 0 Å². The molecule has 1 aromatic rings. The lowest BCUT2D eigenvalue weighted by molar-refractivity contribution is 0.282. The fraction of sp³-hybridized carbons (Fsp3) is 0.500. The fourth-order valence-corrected chi connectivity index (χ4v) is 3.28. The van der Waals surface area contributed by atoms with Gasteiger partial charge in [0.05, 0.1) is 17.3 Å². The molecule has 2 nitrogen and oxygen atoms in total. The molecule has 0 aromatic heterocycles. The molecule has 1 aliphatic heterocycles. The first-order chi connectivity index (χ1) is 7.70. The van der Waals surface area contributed by atoms with E-state index in [-0.39, 0.29) is 6.61 Å². The van der Waals surface area contributed by atoms with Crippen molar-refractivity contribution >= 4 is 29.1 Å². The molecule has 0 radical (unpaired) electrons. The summed E-state index contributed by atoms with van der Waals surface area (Å²) in [5.74, 6) is 1.15. The molecule has 2 rings (SSSR count). The van der Waals surface area contributed by atoms with Crippen LogP contribution in [0.3, 0.4) is 0 Å². The molecule has 1 unspecified atom stereocenters. The van der Waals surface area contributed by atoms with Crippen LogP contribution < -0.4 is 4.90 Å². The molecule has 1 saturated heterocycles. The summed E-state index contributed by atoms with van der Waals surface area (Å²) in [6.07, 6.45) is 0. The predicted octanol–water partition coefficient (Wildman–Crippen LogP) is 2.77. The van der Waals surface area contributed by atoms with Gasteiger partial charge in [0.2, 0.25) is 0 Å². The Labute approximate surface area is 106 Å². The minimum atomic E-state index is 0.0479. The predicted molar refractivity (Wildman–Crippen MR) is 71.5 cm³/mol. The molecule has 1 atom stereocenters. The highest BCUT2D eigenvalue weighted by Gasteiger charge is 2.18. The van der Waals surface area contributed by atoms with Gasteiger partial charge in [-0.3, -0.25) is 0 Å². The van der Waals surface area contributed by atoms with Crippen molar-refractivity contribution in [3.05, 3.63) is 28.8 Å². The Hall–Kier alpha value is -0.380. The molecule has 0 spiro atoms. The molecule has 0 amide bonds. The molecule has 16 heavy (non-hydrogen) atoms. The van der Waals surface area contributed by atoms with E-state index in [0.29, 0.717) is 5.25 Å². The van der Waals surface area contributed by atoms with Gasteiger partial charge in [-0.15, -0.1) is 0 Å². The van der Waals surface area contributed by atoms with Crippen molar-refractivity contribution < 1.29 is 5.11 Å². The van der Waals surface area contributed by atoms with Gasteiger partial charge in [-0.05, 0) is 17.7 Å². The molecule has 1 aromatic carbocycles. The molecule has 4 heteroatoms. The second-order valence-corrected chi connectivity index (χ2v) is 6.02. The Morgan fingerprint density at radius 3 is 3.00 bits per heavy atom. The van der Waals surface area contributed by atoms with E-state index in [1.807, 2.05) is 30.0 Å². The summed E-state index contributed by atoms with van der Waals surface area (Å²) in [5, 5.41) is 10.4. The van der Waals surface area contributed by atoms with Crippen LogP contribution in [0.15, 0.2) is 18.2 Å². The van der Waals surface area contributed by atoms with Crippen LogP contribution in [0.2, 0.25) is 5.02 Å². The highest BCUT2D eigenvalue weighted by Crippen LogP contribution is 2.30. The second-order valence-electron chi connectivity index (χ2n) is 4.07. The van der Waals surface area contributed by atoms with E-state index in [1.54, 1.807) is 0 Å². The maximum Gasteiger partial charge on any atom is 0.0682 e. The number of aliphatic hydroxyl groups is 1. The van der Waals surface area contributed by atoms with E-state index in [0.717, 1.165) is 35.1 Å². The highest BCUT2D eigenvalue weighted by molar-refractivity contribution is 8.00. The van der Waals surface area contributed by atoms with Crippen LogP contribution >= 0.6 is 23.4 Å². The van der Waals surface area contributed by atoms with Crippen LogP contribution in [-0.2, 0) is 6.61 Å². The van der Waals surface area contributed by atoms with Crippen LogP contribution in [0.5, 0.6) is 0 Å². The van der Waals surface area contributed by atoms with Gasteiger partial charge >= 0.3 is 0 Å². The maximum absolute atomic E-state index is 9.03. The van der Waals surface area contributed by atoms with Crippen molar-refractivity contribution in [1.29, 1.82) is 0 Å². The van der Waals surface area contributed by atoms with Crippen molar-refractivity contribution in [1.82, 2.24) is 0 Å². The fourth-order valence-electron chi connectivity index (χ4n) is 1.94. The molecule has 0 bridgehead atoms. The molecule has 1 aliphatic rings. The van der Waals surface area contributed by atoms with E-state index < -0.39 is 0 Å². The lowest BCUT2D eigenvalue weighted by Crippen LogP contribution is -2.36. The van der Waals surface area contributed by atoms with Gasteiger partial charge in [0.15, 0.2) is 0 Å². The van der Waals surface area contributed by atoms with Gasteiger partial charge in [-0.2, -0.15) is 11.8 Å². The molecule has 0 aliphatic carbocycles. The first-order valence-electron chi connectivity index (χ1n) is 5.46. The van der Waals surface area contributed by atoms with Crippen molar-refractivity contribution in [2.45, 2.75) is 18.8 Å². The number of hydrogen-bond donors (Lipinski definition) is 1. The summed E-state index contributed by atoms with van der Waals surface area (Å²) in [6.45, 7) is 4.38. The van der Waals surface area contributed by atoms with Gasteiger partial charge in [0, 0.05) is 24.1 Å². The summed E-state index contributed by atoms with van der Waals surface area (Å²) in [7, 11) is 0. The third kappa shape index (κ3) is 2.65. The summed E-state index contributed by atoms with van der Waals surface area (Å²) in [5.41, 5.74) is 1.96. The number of nitrogens with zero attached hydrogens (tertiary/aromatic N) is 1. The minimum Gasteiger partial charge on any atom is -0.392 e. The van der Waals surface area contributed by atoms with Crippen molar-refractivity contribution in [2.75, 3.05) is 23.7 Å². The first-order valence-corrected chi connectivity index (χ1v) is 6.89. The number of aliphatic hydroxyl groups excluding tert-OH is 1. The Morgan fingerprint density at radius 2 is 2.38 bits per heavy atom. The molecule has 1 heterocycles. The van der Waals surface area contributed by atoms with Crippen LogP contribution in [0.25, 0.3) is 0 Å². The average Bonchev–Trinajstić information content (AvgIpc) is 2.28. The summed E-state index contributed by atoms with van der Waals surface area (Å²) < 4.78 is 0. The summed E-state index contributed by atoms with van der Waals surface area (Å²) >= 11 is 8.23. The standard InChI is InChI=1S/C12H16ClNOS/c1-9-7-14(4-5-16-9)12-3-2-10(8-15)6-11(12)13/h2-3,6,9,15H,4-5,7-8H2,1H3. The SMILES string of the molecule is CC1CN(c2ccc(CO)cc2Cl)CCS1. The molecular formula is C12H16ClNOS. The lowest BCUT2D eigenvalue weighted by atomic mass is 10.2. The van der Waals surface area contributed by atoms with Gasteiger partial charge < -0.3 is 10.0 Å². The van der Waals surface area contributed by atoms with Gasteiger partial charge in [0.1, 0.15) is 0 Å². The van der Waals surface area contributed by atoms with Gasteiger partial charge in [-0.1, -0.05) is 24.6 Å². The largest absolute Gasteiger partial charge is 0.392 e. The van der Waals surface area contributed by atoms with Gasteiger partial charge in [-0.25, -0.2) is 0 Å². The Kier molecular flexibility index (Phi) is 4.00. The van der Waals surface area contributed by atoms with Crippen LogP contribution in [0.1, 0.15) is 12.5 Å². The van der Waals surface area contributed by atoms with Crippen molar-refractivity contribution in [3.8, 4) is 0 Å². The Morgan fingerprint density at radius 1 is 1.56 bits per heavy atom. The van der Waals surface area contributed by atoms with E-state index in [1.165, 1.54) is 0 Å². The van der Waals surface area contributed by atoms with Crippen LogP contribution in [0.4, 0.5) is 5.69 Å². The zero-order valence-electron chi connectivity index (χ0n) is 9.32. The summed E-state index contributed by atoms with van der Waals surface area (Å²) in [4.78, 5) is 2.32. The lowest BCUT2D eigenvalue weighted by Gasteiger charge is -2.33. The molecule has 1 N–H and O–H groups in total. The summed E-state index contributed by atoms with van der Waals surface area (Å²) in [6, 6.07) is 5.80. The number of hydrogen-bond acceptors (Lipinski definition) is 3. The third-order valence-electron chi connectivity index (χ3n) is 2.78. The van der Waals surface area contributed by atoms with Crippen molar-refractivity contribution in [3.63, 3.8) is 0 Å². The normalized spacial score (nSPS) is 21.2. The number of rotatable bonds is 2. The number of benzene rings is 1. The minimum absolute atomic E-state index is 0.0479. The zero-order chi connectivity index (χ0) is 11.5. The molecular weight excluding hydrogens is 242 g/mol. The molecule has 88 valence electrons.